The maximum atomic E-state index is 11.5. The van der Waals surface area contributed by atoms with Gasteiger partial charge >= 0.3 is 6.03 Å². The fourth-order valence-electron chi connectivity index (χ4n) is 1.71. The van der Waals surface area contributed by atoms with Crippen molar-refractivity contribution < 1.29 is 9.90 Å². The summed E-state index contributed by atoms with van der Waals surface area (Å²) in [6.45, 7) is 5.72. The van der Waals surface area contributed by atoms with Crippen LogP contribution in [0.3, 0.4) is 0 Å². The summed E-state index contributed by atoms with van der Waals surface area (Å²) in [5.41, 5.74) is 2.15. The lowest BCUT2D eigenvalue weighted by molar-refractivity contribution is 0.190. The Balaban J connectivity index is 2.23. The molecular weight excluding hydrogens is 232 g/mol. The number of carbonyl (C=O) groups excluding carboxylic acids is 1. The van der Waals surface area contributed by atoms with Crippen LogP contribution in [-0.4, -0.2) is 52.6 Å². The van der Waals surface area contributed by atoms with Crippen LogP contribution in [-0.2, 0) is 6.54 Å². The Morgan fingerprint density at radius 2 is 2.28 bits per heavy atom. The molecule has 1 heterocycles. The molecule has 0 spiro atoms. The molecule has 0 fully saturated rings. The smallest absolute Gasteiger partial charge is 0.317 e. The third-order valence-electron chi connectivity index (χ3n) is 2.71. The van der Waals surface area contributed by atoms with Crippen molar-refractivity contribution in [2.45, 2.75) is 26.8 Å². The predicted octanol–water partition coefficient (Wildman–Crippen LogP) is 0.524. The second-order valence-corrected chi connectivity index (χ2v) is 4.38. The summed E-state index contributed by atoms with van der Waals surface area (Å²) in [6.07, 6.45) is 0.834. The third kappa shape index (κ3) is 4.37. The number of aliphatic hydroxyl groups excluding tert-OH is 1. The average Bonchev–Trinajstić information content (AvgIpc) is 2.63. The van der Waals surface area contributed by atoms with Crippen LogP contribution in [0.2, 0.25) is 0 Å². The van der Waals surface area contributed by atoms with Crippen molar-refractivity contribution in [2.75, 3.05) is 26.7 Å². The Morgan fingerprint density at radius 1 is 1.56 bits per heavy atom. The van der Waals surface area contributed by atoms with Crippen molar-refractivity contribution in [1.29, 1.82) is 0 Å². The zero-order chi connectivity index (χ0) is 13.5. The fraction of sp³-hybridized carbons (Fsp3) is 0.667. The van der Waals surface area contributed by atoms with E-state index in [9.17, 15) is 4.79 Å². The van der Waals surface area contributed by atoms with Gasteiger partial charge in [0.15, 0.2) is 0 Å². The number of rotatable bonds is 6. The number of hydrogen-bond donors (Lipinski definition) is 2. The Hall–Kier alpha value is -1.56. The largest absolute Gasteiger partial charge is 0.395 e. The lowest BCUT2D eigenvalue weighted by atomic mass is 10.4. The number of aryl methyl sites for hydroxylation is 3. The van der Waals surface area contributed by atoms with E-state index in [-0.39, 0.29) is 12.6 Å². The SMILES string of the molecule is Cc1cc(C)n(CCCNC(=O)N(C)CCO)n1. The standard InChI is InChI=1S/C12H22N4O2/c1-10-9-11(2)16(14-10)6-4-5-13-12(18)15(3)7-8-17/h9,17H,4-8H2,1-3H3,(H,13,18). The van der Waals surface area contributed by atoms with E-state index in [1.807, 2.05) is 24.6 Å². The zero-order valence-electron chi connectivity index (χ0n) is 11.3. The molecule has 1 aromatic rings. The number of aromatic nitrogens is 2. The molecule has 1 rings (SSSR count). The van der Waals surface area contributed by atoms with Gasteiger partial charge in [-0.25, -0.2) is 4.79 Å². The first-order valence-electron chi connectivity index (χ1n) is 6.15. The van der Waals surface area contributed by atoms with Gasteiger partial charge in [-0.2, -0.15) is 5.10 Å². The van der Waals surface area contributed by atoms with E-state index in [1.54, 1.807) is 7.05 Å². The highest BCUT2D eigenvalue weighted by Crippen LogP contribution is 2.02. The minimum atomic E-state index is -0.155. The van der Waals surface area contributed by atoms with E-state index in [1.165, 1.54) is 4.90 Å². The number of likely N-dealkylation sites (N-methyl/N-ethyl adjacent to an activating group) is 1. The van der Waals surface area contributed by atoms with Crippen molar-refractivity contribution in [3.63, 3.8) is 0 Å². The molecule has 18 heavy (non-hydrogen) atoms. The number of nitrogens with one attached hydrogen (secondary N) is 1. The molecule has 0 unspecified atom stereocenters. The van der Waals surface area contributed by atoms with Crippen molar-refractivity contribution in [2.24, 2.45) is 0 Å². The highest BCUT2D eigenvalue weighted by Gasteiger charge is 2.06. The Kier molecular flexibility index (Phi) is 5.64. The Bertz CT molecular complexity index is 389. The first kappa shape index (κ1) is 14.5. The predicted molar refractivity (Wildman–Crippen MR) is 69.4 cm³/mol. The summed E-state index contributed by atoms with van der Waals surface area (Å²) in [6, 6.07) is 1.88. The number of aliphatic hydroxyl groups is 1. The summed E-state index contributed by atoms with van der Waals surface area (Å²) >= 11 is 0. The third-order valence-corrected chi connectivity index (χ3v) is 2.71. The minimum absolute atomic E-state index is 0.0182. The fourth-order valence-corrected chi connectivity index (χ4v) is 1.71. The quantitative estimate of drug-likeness (QED) is 0.727. The molecule has 2 amide bonds. The molecule has 0 saturated carbocycles. The Morgan fingerprint density at radius 3 is 2.83 bits per heavy atom. The van der Waals surface area contributed by atoms with Crippen molar-refractivity contribution in [3.8, 4) is 0 Å². The van der Waals surface area contributed by atoms with Gasteiger partial charge in [0.1, 0.15) is 0 Å². The Labute approximate surface area is 108 Å². The number of hydrogen-bond acceptors (Lipinski definition) is 3. The summed E-state index contributed by atoms with van der Waals surface area (Å²) in [5.74, 6) is 0. The molecule has 0 bridgehead atoms. The lowest BCUT2D eigenvalue weighted by Crippen LogP contribution is -2.39. The van der Waals surface area contributed by atoms with E-state index in [0.717, 1.165) is 24.4 Å². The average molecular weight is 254 g/mol. The number of amides is 2. The molecule has 6 nitrogen and oxygen atoms in total. The van der Waals surface area contributed by atoms with Gasteiger partial charge in [0.25, 0.3) is 0 Å². The first-order chi connectivity index (χ1) is 8.54. The molecule has 2 N–H and O–H groups in total. The molecule has 0 saturated heterocycles. The molecule has 102 valence electrons. The molecule has 0 aliphatic rings. The summed E-state index contributed by atoms with van der Waals surface area (Å²) in [5, 5.41) is 15.9. The van der Waals surface area contributed by atoms with Gasteiger partial charge in [-0.05, 0) is 26.3 Å². The molecule has 1 aromatic heterocycles. The van der Waals surface area contributed by atoms with Crippen LogP contribution in [0.1, 0.15) is 17.8 Å². The normalized spacial score (nSPS) is 10.4. The summed E-state index contributed by atoms with van der Waals surface area (Å²) in [4.78, 5) is 13.0. The molecule has 0 radical (unpaired) electrons. The van der Waals surface area contributed by atoms with Crippen LogP contribution in [0.4, 0.5) is 4.79 Å². The molecule has 0 atom stereocenters. The monoisotopic (exact) mass is 254 g/mol. The van der Waals surface area contributed by atoms with E-state index in [2.05, 4.69) is 10.4 Å². The van der Waals surface area contributed by atoms with Crippen LogP contribution in [0.15, 0.2) is 6.07 Å². The lowest BCUT2D eigenvalue weighted by Gasteiger charge is -2.16. The number of urea groups is 1. The van der Waals surface area contributed by atoms with Crippen molar-refractivity contribution in [1.82, 2.24) is 20.0 Å². The zero-order valence-corrected chi connectivity index (χ0v) is 11.3. The molecule has 0 aliphatic carbocycles. The van der Waals surface area contributed by atoms with E-state index < -0.39 is 0 Å². The van der Waals surface area contributed by atoms with Crippen LogP contribution < -0.4 is 5.32 Å². The molecular formula is C12H22N4O2. The number of carbonyl (C=O) groups is 1. The maximum Gasteiger partial charge on any atom is 0.317 e. The van der Waals surface area contributed by atoms with Crippen LogP contribution in [0.25, 0.3) is 0 Å². The van der Waals surface area contributed by atoms with Crippen LogP contribution >= 0.6 is 0 Å². The highest BCUT2D eigenvalue weighted by atomic mass is 16.3. The van der Waals surface area contributed by atoms with Gasteiger partial charge in [0.2, 0.25) is 0 Å². The molecule has 0 aromatic carbocycles. The topological polar surface area (TPSA) is 70.4 Å². The van der Waals surface area contributed by atoms with E-state index in [4.69, 9.17) is 5.11 Å². The second-order valence-electron chi connectivity index (χ2n) is 4.38. The van der Waals surface area contributed by atoms with Crippen LogP contribution in [0.5, 0.6) is 0 Å². The number of nitrogens with zero attached hydrogens (tertiary/aromatic N) is 3. The highest BCUT2D eigenvalue weighted by molar-refractivity contribution is 5.73. The van der Waals surface area contributed by atoms with E-state index in [0.29, 0.717) is 13.1 Å². The van der Waals surface area contributed by atoms with Gasteiger partial charge in [0.05, 0.1) is 12.3 Å². The van der Waals surface area contributed by atoms with Crippen LogP contribution in [0, 0.1) is 13.8 Å². The van der Waals surface area contributed by atoms with Gasteiger partial charge in [-0.1, -0.05) is 0 Å². The first-order valence-corrected chi connectivity index (χ1v) is 6.15. The minimum Gasteiger partial charge on any atom is -0.395 e. The second kappa shape index (κ2) is 7.00. The van der Waals surface area contributed by atoms with Crippen molar-refractivity contribution >= 4 is 6.03 Å². The molecule has 0 aliphatic heterocycles. The molecule has 6 heteroatoms. The maximum absolute atomic E-state index is 11.5. The van der Waals surface area contributed by atoms with Gasteiger partial charge in [-0.3, -0.25) is 4.68 Å². The van der Waals surface area contributed by atoms with Gasteiger partial charge in [-0.15, -0.1) is 0 Å². The van der Waals surface area contributed by atoms with Crippen molar-refractivity contribution in [3.05, 3.63) is 17.5 Å². The summed E-state index contributed by atoms with van der Waals surface area (Å²) < 4.78 is 1.94. The van der Waals surface area contributed by atoms with Gasteiger partial charge in [0, 0.05) is 32.4 Å². The van der Waals surface area contributed by atoms with E-state index >= 15 is 0 Å². The summed E-state index contributed by atoms with van der Waals surface area (Å²) in [7, 11) is 1.66. The van der Waals surface area contributed by atoms with Gasteiger partial charge < -0.3 is 15.3 Å².